The third-order valence-electron chi connectivity index (χ3n) is 2.63. The molecule has 0 spiro atoms. The van der Waals surface area contributed by atoms with Crippen LogP contribution in [-0.4, -0.2) is 24.1 Å². The summed E-state index contributed by atoms with van der Waals surface area (Å²) in [5.74, 6) is 1.37. The van der Waals surface area contributed by atoms with Gasteiger partial charge in [-0.15, -0.1) is 0 Å². The van der Waals surface area contributed by atoms with Gasteiger partial charge >= 0.3 is 0 Å². The molecule has 0 amide bonds. The van der Waals surface area contributed by atoms with Gasteiger partial charge in [-0.25, -0.2) is 14.4 Å². The van der Waals surface area contributed by atoms with Crippen LogP contribution in [0.25, 0.3) is 0 Å². The zero-order valence-electron chi connectivity index (χ0n) is 10.4. The molecule has 0 saturated heterocycles. The molecule has 0 bridgehead atoms. The van der Waals surface area contributed by atoms with Crippen LogP contribution in [0.2, 0.25) is 0 Å². The Morgan fingerprint density at radius 3 is 2.61 bits per heavy atom. The van der Waals surface area contributed by atoms with E-state index in [0.29, 0.717) is 6.54 Å². The van der Waals surface area contributed by atoms with E-state index in [1.807, 2.05) is 25.1 Å². The van der Waals surface area contributed by atoms with Gasteiger partial charge in [-0.3, -0.25) is 0 Å². The average Bonchev–Trinajstić information content (AvgIpc) is 2.41. The molecule has 94 valence electrons. The van der Waals surface area contributed by atoms with Gasteiger partial charge in [-0.05, 0) is 17.7 Å². The molecule has 5 heteroatoms. The number of rotatable bonds is 4. The third kappa shape index (κ3) is 2.94. The summed E-state index contributed by atoms with van der Waals surface area (Å²) in [6.07, 6.45) is 1.52. The van der Waals surface area contributed by atoms with Crippen molar-refractivity contribution in [2.24, 2.45) is 0 Å². The highest BCUT2D eigenvalue weighted by Crippen LogP contribution is 2.15. The Balaban J connectivity index is 2.11. The molecule has 1 N–H and O–H groups in total. The lowest BCUT2D eigenvalue weighted by molar-refractivity contribution is 0.627. The lowest BCUT2D eigenvalue weighted by Crippen LogP contribution is -2.18. The lowest BCUT2D eigenvalue weighted by Gasteiger charge is -2.18. The predicted molar refractivity (Wildman–Crippen MR) is 70.1 cm³/mol. The van der Waals surface area contributed by atoms with Gasteiger partial charge in [0.15, 0.2) is 0 Å². The number of nitrogens with one attached hydrogen (secondary N) is 1. The van der Waals surface area contributed by atoms with Crippen molar-refractivity contribution in [1.29, 1.82) is 0 Å². The zero-order valence-corrected chi connectivity index (χ0v) is 10.4. The summed E-state index contributed by atoms with van der Waals surface area (Å²) in [5, 5.41) is 2.97. The molecule has 0 fully saturated rings. The summed E-state index contributed by atoms with van der Waals surface area (Å²) in [5.41, 5.74) is 1.03. The maximum absolute atomic E-state index is 12.8. The average molecular weight is 246 g/mol. The Hall–Kier alpha value is -2.17. The van der Waals surface area contributed by atoms with Gasteiger partial charge in [0.2, 0.25) is 0 Å². The van der Waals surface area contributed by atoms with Crippen LogP contribution in [0.5, 0.6) is 0 Å². The van der Waals surface area contributed by atoms with Crippen molar-refractivity contribution >= 4 is 11.6 Å². The van der Waals surface area contributed by atoms with Crippen molar-refractivity contribution in [2.45, 2.75) is 6.54 Å². The summed E-state index contributed by atoms with van der Waals surface area (Å²) < 4.78 is 12.8. The van der Waals surface area contributed by atoms with E-state index in [9.17, 15) is 4.39 Å². The first kappa shape index (κ1) is 12.3. The first-order valence-corrected chi connectivity index (χ1v) is 5.64. The maximum atomic E-state index is 12.8. The predicted octanol–water partition coefficient (Wildman–Crippen LogP) is 2.29. The van der Waals surface area contributed by atoms with Crippen molar-refractivity contribution in [1.82, 2.24) is 9.97 Å². The van der Waals surface area contributed by atoms with Crippen molar-refractivity contribution in [2.75, 3.05) is 24.3 Å². The number of halogens is 1. The van der Waals surface area contributed by atoms with Gasteiger partial charge in [0.1, 0.15) is 23.8 Å². The summed E-state index contributed by atoms with van der Waals surface area (Å²) in [6.45, 7) is 0.667. The molecular weight excluding hydrogens is 231 g/mol. The molecule has 1 heterocycles. The molecule has 0 aliphatic rings. The number of aromatic nitrogens is 2. The maximum Gasteiger partial charge on any atom is 0.134 e. The van der Waals surface area contributed by atoms with Gasteiger partial charge in [-0.2, -0.15) is 0 Å². The number of benzene rings is 1. The number of hydrogen-bond donors (Lipinski definition) is 1. The van der Waals surface area contributed by atoms with Crippen LogP contribution in [-0.2, 0) is 6.54 Å². The molecule has 0 radical (unpaired) electrons. The van der Waals surface area contributed by atoms with E-state index in [1.165, 1.54) is 18.5 Å². The normalized spacial score (nSPS) is 10.2. The second kappa shape index (κ2) is 5.44. The fourth-order valence-corrected chi connectivity index (χ4v) is 1.64. The van der Waals surface area contributed by atoms with Crippen molar-refractivity contribution < 1.29 is 4.39 Å². The number of hydrogen-bond acceptors (Lipinski definition) is 4. The molecule has 0 unspecified atom stereocenters. The van der Waals surface area contributed by atoms with Crippen LogP contribution < -0.4 is 10.2 Å². The first-order chi connectivity index (χ1) is 8.69. The second-order valence-electron chi connectivity index (χ2n) is 3.99. The molecular formula is C13H15FN4. The molecule has 18 heavy (non-hydrogen) atoms. The van der Waals surface area contributed by atoms with Crippen LogP contribution in [0.4, 0.5) is 16.0 Å². The molecule has 0 atom stereocenters. The Labute approximate surface area is 105 Å². The topological polar surface area (TPSA) is 41.0 Å². The van der Waals surface area contributed by atoms with E-state index in [-0.39, 0.29) is 5.82 Å². The minimum atomic E-state index is -0.221. The summed E-state index contributed by atoms with van der Waals surface area (Å²) >= 11 is 0. The van der Waals surface area contributed by atoms with Crippen molar-refractivity contribution in [3.05, 3.63) is 48.0 Å². The summed E-state index contributed by atoms with van der Waals surface area (Å²) in [7, 11) is 3.75. The van der Waals surface area contributed by atoms with Gasteiger partial charge in [0.05, 0.1) is 0 Å². The molecule has 1 aromatic heterocycles. The second-order valence-corrected chi connectivity index (χ2v) is 3.99. The van der Waals surface area contributed by atoms with Gasteiger partial charge in [0, 0.05) is 26.7 Å². The monoisotopic (exact) mass is 246 g/mol. The fourth-order valence-electron chi connectivity index (χ4n) is 1.64. The summed E-state index contributed by atoms with van der Waals surface area (Å²) in [6, 6.07) is 8.33. The van der Waals surface area contributed by atoms with E-state index in [4.69, 9.17) is 0 Å². The van der Waals surface area contributed by atoms with Crippen molar-refractivity contribution in [3.63, 3.8) is 0 Å². The SMILES string of the molecule is CNc1cc(N(C)Cc2ccc(F)cc2)ncn1. The molecule has 2 rings (SSSR count). The fraction of sp³-hybridized carbons (Fsp3) is 0.231. The minimum absolute atomic E-state index is 0.221. The van der Waals surface area contributed by atoms with Crippen LogP contribution in [0, 0.1) is 5.82 Å². The van der Waals surface area contributed by atoms with Gasteiger partial charge in [-0.1, -0.05) is 12.1 Å². The van der Waals surface area contributed by atoms with E-state index < -0.39 is 0 Å². The van der Waals surface area contributed by atoms with E-state index in [2.05, 4.69) is 15.3 Å². The molecule has 1 aromatic carbocycles. The molecule has 0 aliphatic carbocycles. The van der Waals surface area contributed by atoms with Crippen molar-refractivity contribution in [3.8, 4) is 0 Å². The Morgan fingerprint density at radius 2 is 1.94 bits per heavy atom. The molecule has 2 aromatic rings. The number of nitrogens with zero attached hydrogens (tertiary/aromatic N) is 3. The first-order valence-electron chi connectivity index (χ1n) is 5.64. The van der Waals surface area contributed by atoms with E-state index >= 15 is 0 Å². The highest BCUT2D eigenvalue weighted by molar-refractivity contribution is 5.47. The highest BCUT2D eigenvalue weighted by Gasteiger charge is 2.05. The zero-order chi connectivity index (χ0) is 13.0. The standard InChI is InChI=1S/C13H15FN4/c1-15-12-7-13(17-9-16-12)18(2)8-10-3-5-11(14)6-4-10/h3-7,9H,8H2,1-2H3,(H,15,16,17). The lowest BCUT2D eigenvalue weighted by atomic mass is 10.2. The van der Waals surface area contributed by atoms with Crippen LogP contribution in [0.1, 0.15) is 5.56 Å². The van der Waals surface area contributed by atoms with Crippen LogP contribution >= 0.6 is 0 Å². The molecule has 4 nitrogen and oxygen atoms in total. The molecule has 0 saturated carbocycles. The number of anilines is 2. The third-order valence-corrected chi connectivity index (χ3v) is 2.63. The minimum Gasteiger partial charge on any atom is -0.373 e. The Bertz CT molecular complexity index is 513. The largest absolute Gasteiger partial charge is 0.373 e. The smallest absolute Gasteiger partial charge is 0.134 e. The van der Waals surface area contributed by atoms with Gasteiger partial charge in [0.25, 0.3) is 0 Å². The van der Waals surface area contributed by atoms with E-state index in [0.717, 1.165) is 17.2 Å². The molecule has 0 aliphatic heterocycles. The van der Waals surface area contributed by atoms with Crippen LogP contribution in [0.3, 0.4) is 0 Å². The van der Waals surface area contributed by atoms with Crippen LogP contribution in [0.15, 0.2) is 36.7 Å². The van der Waals surface area contributed by atoms with E-state index in [1.54, 1.807) is 12.1 Å². The quantitative estimate of drug-likeness (QED) is 0.898. The summed E-state index contributed by atoms with van der Waals surface area (Å²) in [4.78, 5) is 10.2. The Kier molecular flexibility index (Phi) is 3.72. The highest BCUT2D eigenvalue weighted by atomic mass is 19.1. The Morgan fingerprint density at radius 1 is 1.22 bits per heavy atom. The van der Waals surface area contributed by atoms with Gasteiger partial charge < -0.3 is 10.2 Å².